The van der Waals surface area contributed by atoms with Gasteiger partial charge in [-0.25, -0.2) is 18.2 Å². The molecule has 1 aromatic heterocycles. The Morgan fingerprint density at radius 3 is 2.43 bits per heavy atom. The molecule has 0 aliphatic rings. The molecule has 112 valence electrons. The van der Waals surface area contributed by atoms with E-state index in [0.717, 1.165) is 0 Å². The first-order chi connectivity index (χ1) is 10.0. The average Bonchev–Trinajstić information content (AvgIpc) is 2.46. The Kier molecular flexibility index (Phi) is 4.52. The highest BCUT2D eigenvalue weighted by Crippen LogP contribution is 2.27. The molecule has 0 spiro atoms. The molecule has 2 N–H and O–H groups in total. The van der Waals surface area contributed by atoms with Crippen LogP contribution in [-0.2, 0) is 0 Å². The summed E-state index contributed by atoms with van der Waals surface area (Å²) in [5.74, 6) is -2.33. The first kappa shape index (κ1) is 15.0. The molecule has 0 radical (unpaired) electrons. The summed E-state index contributed by atoms with van der Waals surface area (Å²) in [5.41, 5.74) is -0.0187. The summed E-state index contributed by atoms with van der Waals surface area (Å²) in [4.78, 5) is 3.77. The molecule has 0 saturated carbocycles. The van der Waals surface area contributed by atoms with E-state index in [9.17, 15) is 13.2 Å². The maximum Gasteiger partial charge on any atom is 0.169 e. The molecule has 2 aromatic rings. The van der Waals surface area contributed by atoms with Crippen LogP contribution in [0.5, 0.6) is 5.75 Å². The third-order valence-corrected chi connectivity index (χ3v) is 2.70. The third-order valence-electron chi connectivity index (χ3n) is 2.70. The summed E-state index contributed by atoms with van der Waals surface area (Å²) in [6.45, 7) is 2.17. The molecule has 2 rings (SSSR count). The van der Waals surface area contributed by atoms with Gasteiger partial charge in [0.05, 0.1) is 12.8 Å². The minimum absolute atomic E-state index is 0.0187. The van der Waals surface area contributed by atoms with Crippen molar-refractivity contribution in [3.63, 3.8) is 0 Å². The quantitative estimate of drug-likeness (QED) is 0.883. The topological polar surface area (TPSA) is 46.2 Å². The SMILES string of the molecule is CCNc1nc(Nc2cc(OC)ccc2F)c(F)cc1F. The average molecular weight is 297 g/mol. The Bertz CT molecular complexity index is 650. The number of hydrogen-bond donors (Lipinski definition) is 2. The lowest BCUT2D eigenvalue weighted by Gasteiger charge is -2.11. The number of nitrogens with zero attached hydrogens (tertiary/aromatic N) is 1. The van der Waals surface area contributed by atoms with Crippen molar-refractivity contribution in [2.45, 2.75) is 6.92 Å². The van der Waals surface area contributed by atoms with Crippen LogP contribution in [0.3, 0.4) is 0 Å². The maximum absolute atomic E-state index is 13.7. The van der Waals surface area contributed by atoms with E-state index in [-0.39, 0.29) is 17.3 Å². The molecule has 1 aromatic carbocycles. The van der Waals surface area contributed by atoms with Gasteiger partial charge >= 0.3 is 0 Å². The van der Waals surface area contributed by atoms with Gasteiger partial charge in [-0.05, 0) is 19.1 Å². The third kappa shape index (κ3) is 3.36. The minimum atomic E-state index is -0.920. The molecule has 0 fully saturated rings. The van der Waals surface area contributed by atoms with Crippen LogP contribution in [0, 0.1) is 17.5 Å². The fourth-order valence-electron chi connectivity index (χ4n) is 1.70. The second-order valence-electron chi connectivity index (χ2n) is 4.15. The van der Waals surface area contributed by atoms with Crippen LogP contribution in [0.25, 0.3) is 0 Å². The van der Waals surface area contributed by atoms with Crippen molar-refractivity contribution in [1.29, 1.82) is 0 Å². The number of aromatic nitrogens is 1. The summed E-state index contributed by atoms with van der Waals surface area (Å²) in [7, 11) is 1.43. The van der Waals surface area contributed by atoms with Crippen molar-refractivity contribution in [3.05, 3.63) is 41.7 Å². The molecule has 0 amide bonds. The highest BCUT2D eigenvalue weighted by molar-refractivity contribution is 5.61. The van der Waals surface area contributed by atoms with Crippen molar-refractivity contribution < 1.29 is 17.9 Å². The number of nitrogens with one attached hydrogen (secondary N) is 2. The zero-order valence-electron chi connectivity index (χ0n) is 11.5. The molecule has 0 bridgehead atoms. The van der Waals surface area contributed by atoms with Gasteiger partial charge in [0.15, 0.2) is 23.3 Å². The lowest BCUT2D eigenvalue weighted by Crippen LogP contribution is -2.07. The lowest BCUT2D eigenvalue weighted by molar-refractivity contribution is 0.414. The Hall–Kier alpha value is -2.44. The summed E-state index contributed by atoms with van der Waals surface area (Å²) < 4.78 is 45.9. The number of benzene rings is 1. The fourth-order valence-corrected chi connectivity index (χ4v) is 1.70. The van der Waals surface area contributed by atoms with E-state index in [0.29, 0.717) is 18.4 Å². The molecular weight excluding hydrogens is 283 g/mol. The van der Waals surface area contributed by atoms with E-state index in [1.165, 1.54) is 25.3 Å². The lowest BCUT2D eigenvalue weighted by atomic mass is 10.2. The summed E-state index contributed by atoms with van der Waals surface area (Å²) >= 11 is 0. The van der Waals surface area contributed by atoms with Gasteiger partial charge in [0, 0.05) is 18.7 Å². The van der Waals surface area contributed by atoms with Gasteiger partial charge in [-0.3, -0.25) is 0 Å². The van der Waals surface area contributed by atoms with Crippen molar-refractivity contribution >= 4 is 17.3 Å². The Morgan fingerprint density at radius 2 is 1.76 bits per heavy atom. The van der Waals surface area contributed by atoms with Gasteiger partial charge in [0.1, 0.15) is 11.6 Å². The first-order valence-corrected chi connectivity index (χ1v) is 6.25. The van der Waals surface area contributed by atoms with Crippen LogP contribution in [0.15, 0.2) is 24.3 Å². The number of methoxy groups -OCH3 is 1. The standard InChI is InChI=1S/C14H14F3N3O/c1-3-18-13-10(16)7-11(17)14(20-13)19-12-6-8(21-2)4-5-9(12)15/h4-7H,3H2,1-2H3,(H2,18,19,20). The van der Waals surface area contributed by atoms with Crippen molar-refractivity contribution in [3.8, 4) is 5.75 Å². The van der Waals surface area contributed by atoms with Gasteiger partial charge < -0.3 is 15.4 Å². The van der Waals surface area contributed by atoms with Gasteiger partial charge in [-0.15, -0.1) is 0 Å². The molecule has 0 aliphatic carbocycles. The van der Waals surface area contributed by atoms with Crippen LogP contribution in [0.4, 0.5) is 30.5 Å². The van der Waals surface area contributed by atoms with Gasteiger partial charge in [-0.1, -0.05) is 0 Å². The van der Waals surface area contributed by atoms with Crippen molar-refractivity contribution in [2.75, 3.05) is 24.3 Å². The summed E-state index contributed by atoms with van der Waals surface area (Å²) in [5, 5.41) is 5.15. The van der Waals surface area contributed by atoms with E-state index >= 15 is 0 Å². The molecular formula is C14H14F3N3O. The van der Waals surface area contributed by atoms with Gasteiger partial charge in [0.2, 0.25) is 0 Å². The van der Waals surface area contributed by atoms with Crippen LogP contribution in [0.2, 0.25) is 0 Å². The zero-order valence-corrected chi connectivity index (χ0v) is 11.5. The van der Waals surface area contributed by atoms with Gasteiger partial charge in [-0.2, -0.15) is 0 Å². The molecule has 7 heteroatoms. The summed E-state index contributed by atoms with van der Waals surface area (Å²) in [6.07, 6.45) is 0. The van der Waals surface area contributed by atoms with E-state index in [2.05, 4.69) is 15.6 Å². The van der Waals surface area contributed by atoms with Crippen LogP contribution in [0.1, 0.15) is 6.92 Å². The number of pyridine rings is 1. The number of ether oxygens (including phenoxy) is 1. The Morgan fingerprint density at radius 1 is 1.05 bits per heavy atom. The fraction of sp³-hybridized carbons (Fsp3) is 0.214. The second-order valence-corrected chi connectivity index (χ2v) is 4.15. The molecule has 0 atom stereocenters. The first-order valence-electron chi connectivity index (χ1n) is 6.25. The Labute approximate surface area is 120 Å². The summed E-state index contributed by atoms with van der Waals surface area (Å²) in [6, 6.07) is 4.64. The Balaban J connectivity index is 2.37. The predicted octanol–water partition coefficient (Wildman–Crippen LogP) is 3.68. The van der Waals surface area contributed by atoms with Crippen LogP contribution < -0.4 is 15.4 Å². The van der Waals surface area contributed by atoms with E-state index < -0.39 is 17.5 Å². The van der Waals surface area contributed by atoms with Crippen LogP contribution in [-0.4, -0.2) is 18.6 Å². The zero-order chi connectivity index (χ0) is 15.4. The highest BCUT2D eigenvalue weighted by Gasteiger charge is 2.13. The number of halogens is 3. The molecule has 0 aliphatic heterocycles. The largest absolute Gasteiger partial charge is 0.497 e. The number of rotatable bonds is 5. The minimum Gasteiger partial charge on any atom is -0.497 e. The predicted molar refractivity (Wildman–Crippen MR) is 74.6 cm³/mol. The smallest absolute Gasteiger partial charge is 0.169 e. The van der Waals surface area contributed by atoms with E-state index in [1.807, 2.05) is 0 Å². The molecule has 4 nitrogen and oxygen atoms in total. The second kappa shape index (κ2) is 6.34. The van der Waals surface area contributed by atoms with Crippen molar-refractivity contribution in [1.82, 2.24) is 4.98 Å². The van der Waals surface area contributed by atoms with E-state index in [1.54, 1.807) is 6.92 Å². The molecule has 0 unspecified atom stereocenters. The highest BCUT2D eigenvalue weighted by atomic mass is 19.1. The molecule has 1 heterocycles. The molecule has 0 saturated heterocycles. The number of anilines is 3. The molecule has 21 heavy (non-hydrogen) atoms. The monoisotopic (exact) mass is 297 g/mol. The maximum atomic E-state index is 13.7. The normalized spacial score (nSPS) is 10.3. The van der Waals surface area contributed by atoms with E-state index in [4.69, 9.17) is 4.74 Å². The van der Waals surface area contributed by atoms with Crippen LogP contribution >= 0.6 is 0 Å². The van der Waals surface area contributed by atoms with Crippen molar-refractivity contribution in [2.24, 2.45) is 0 Å². The van der Waals surface area contributed by atoms with Gasteiger partial charge in [0.25, 0.3) is 0 Å². The number of hydrogen-bond acceptors (Lipinski definition) is 4.